The van der Waals surface area contributed by atoms with Crippen LogP contribution < -0.4 is 20.1 Å². The molecule has 0 spiro atoms. The van der Waals surface area contributed by atoms with Gasteiger partial charge in [-0.15, -0.1) is 0 Å². The monoisotopic (exact) mass is 350 g/mol. The third kappa shape index (κ3) is 6.17. The summed E-state index contributed by atoms with van der Waals surface area (Å²) < 4.78 is 15.4. The Hall–Kier alpha value is -3.03. The summed E-state index contributed by atoms with van der Waals surface area (Å²) in [6.45, 7) is 3.45. The average molecular weight is 350 g/mol. The molecule has 136 valence electrons. The quantitative estimate of drug-likeness (QED) is 0.570. The molecule has 0 bridgehead atoms. The molecule has 1 aromatic rings. The third-order valence-electron chi connectivity index (χ3n) is 3.07. The number of carbonyl (C=O) groups excluding carboxylic acids is 3. The Kier molecular flexibility index (Phi) is 7.98. The molecular weight excluding hydrogens is 328 g/mol. The molecule has 0 unspecified atom stereocenters. The fourth-order valence-electron chi connectivity index (χ4n) is 1.89. The molecule has 0 aliphatic carbocycles. The Bertz CT molecular complexity index is 657. The van der Waals surface area contributed by atoms with E-state index in [4.69, 9.17) is 14.2 Å². The van der Waals surface area contributed by atoms with E-state index in [-0.39, 0.29) is 0 Å². The van der Waals surface area contributed by atoms with E-state index < -0.39 is 24.0 Å². The number of imide groups is 1. The number of hydrogen-bond donors (Lipinski definition) is 2. The number of ether oxygens (including phenoxy) is 3. The number of nitrogens with one attached hydrogen (secondary N) is 2. The largest absolute Gasteiger partial charge is 0.493 e. The second-order valence-electron chi connectivity index (χ2n) is 4.84. The van der Waals surface area contributed by atoms with Gasteiger partial charge in [0.2, 0.25) is 0 Å². The molecule has 0 fully saturated rings. The predicted molar refractivity (Wildman–Crippen MR) is 91.3 cm³/mol. The Labute approximate surface area is 146 Å². The van der Waals surface area contributed by atoms with Crippen LogP contribution in [0.2, 0.25) is 0 Å². The summed E-state index contributed by atoms with van der Waals surface area (Å²) >= 11 is 0. The number of esters is 1. The third-order valence-corrected chi connectivity index (χ3v) is 3.07. The highest BCUT2D eigenvalue weighted by atomic mass is 16.5. The molecule has 3 amide bonds. The van der Waals surface area contributed by atoms with E-state index in [1.807, 2.05) is 0 Å². The van der Waals surface area contributed by atoms with Crippen molar-refractivity contribution in [2.24, 2.45) is 0 Å². The standard InChI is InChI=1S/C17H22N2O6/c1-5-18-17(22)19-16(21)11(2)25-14(20)10-9-12-7-6-8-13(23-3)15(12)24-4/h6-11H,5H2,1-4H3,(H2,18,19,21,22)/b10-9+/t11-/m1/s1. The Morgan fingerprint density at radius 2 is 1.92 bits per heavy atom. The van der Waals surface area contributed by atoms with Crippen LogP contribution >= 0.6 is 0 Å². The zero-order chi connectivity index (χ0) is 18.8. The van der Waals surface area contributed by atoms with E-state index in [1.54, 1.807) is 25.1 Å². The fraction of sp³-hybridized carbons (Fsp3) is 0.353. The van der Waals surface area contributed by atoms with Gasteiger partial charge in [-0.25, -0.2) is 9.59 Å². The minimum absolute atomic E-state index is 0.373. The Morgan fingerprint density at radius 1 is 1.20 bits per heavy atom. The molecule has 1 atom stereocenters. The summed E-state index contributed by atoms with van der Waals surface area (Å²) in [6.07, 6.45) is 1.53. The molecule has 1 aromatic carbocycles. The van der Waals surface area contributed by atoms with E-state index in [1.165, 1.54) is 27.2 Å². The van der Waals surface area contributed by atoms with Gasteiger partial charge in [-0.2, -0.15) is 0 Å². The number of urea groups is 1. The molecule has 2 N–H and O–H groups in total. The van der Waals surface area contributed by atoms with Crippen LogP contribution in [0.1, 0.15) is 19.4 Å². The van der Waals surface area contributed by atoms with Crippen molar-refractivity contribution in [2.75, 3.05) is 20.8 Å². The zero-order valence-electron chi connectivity index (χ0n) is 14.6. The van der Waals surface area contributed by atoms with Crippen molar-refractivity contribution < 1.29 is 28.6 Å². The lowest BCUT2D eigenvalue weighted by Gasteiger charge is -2.12. The van der Waals surface area contributed by atoms with Gasteiger partial charge in [0.25, 0.3) is 5.91 Å². The first-order valence-corrected chi connectivity index (χ1v) is 7.61. The van der Waals surface area contributed by atoms with E-state index in [0.29, 0.717) is 23.6 Å². The summed E-state index contributed by atoms with van der Waals surface area (Å²) in [4.78, 5) is 34.8. The van der Waals surface area contributed by atoms with Gasteiger partial charge in [0.15, 0.2) is 17.6 Å². The van der Waals surface area contributed by atoms with Crippen molar-refractivity contribution in [2.45, 2.75) is 20.0 Å². The molecule has 0 aliphatic rings. The van der Waals surface area contributed by atoms with Crippen LogP contribution in [0.3, 0.4) is 0 Å². The van der Waals surface area contributed by atoms with Gasteiger partial charge in [-0.3, -0.25) is 10.1 Å². The average Bonchev–Trinajstić information content (AvgIpc) is 2.59. The highest BCUT2D eigenvalue weighted by Crippen LogP contribution is 2.31. The lowest BCUT2D eigenvalue weighted by molar-refractivity contribution is -0.149. The van der Waals surface area contributed by atoms with E-state index >= 15 is 0 Å². The molecule has 1 rings (SSSR count). The zero-order valence-corrected chi connectivity index (χ0v) is 14.6. The second kappa shape index (κ2) is 9.96. The van der Waals surface area contributed by atoms with Crippen molar-refractivity contribution >= 4 is 24.0 Å². The van der Waals surface area contributed by atoms with Crippen LogP contribution in [0, 0.1) is 0 Å². The summed E-state index contributed by atoms with van der Waals surface area (Å²) in [5.41, 5.74) is 0.609. The molecule has 0 heterocycles. The van der Waals surface area contributed by atoms with Crippen LogP contribution in [-0.4, -0.2) is 44.8 Å². The molecule has 0 saturated heterocycles. The minimum Gasteiger partial charge on any atom is -0.493 e. The lowest BCUT2D eigenvalue weighted by atomic mass is 10.1. The van der Waals surface area contributed by atoms with Gasteiger partial charge in [0, 0.05) is 18.2 Å². The number of para-hydroxylation sites is 1. The molecule has 0 aromatic heterocycles. The van der Waals surface area contributed by atoms with Gasteiger partial charge in [-0.05, 0) is 26.0 Å². The first-order valence-electron chi connectivity index (χ1n) is 7.61. The molecule has 0 aliphatic heterocycles. The molecule has 25 heavy (non-hydrogen) atoms. The van der Waals surface area contributed by atoms with E-state index in [0.717, 1.165) is 6.08 Å². The first kappa shape index (κ1) is 20.0. The maximum absolute atomic E-state index is 11.8. The molecule has 8 nitrogen and oxygen atoms in total. The lowest BCUT2D eigenvalue weighted by Crippen LogP contribution is -2.44. The number of hydrogen-bond acceptors (Lipinski definition) is 6. The molecule has 0 saturated carbocycles. The van der Waals surface area contributed by atoms with Gasteiger partial charge >= 0.3 is 12.0 Å². The van der Waals surface area contributed by atoms with Gasteiger partial charge in [0.05, 0.1) is 14.2 Å². The molecule has 0 radical (unpaired) electrons. The van der Waals surface area contributed by atoms with Crippen LogP contribution in [-0.2, 0) is 14.3 Å². The van der Waals surface area contributed by atoms with Crippen molar-refractivity contribution in [1.82, 2.24) is 10.6 Å². The summed E-state index contributed by atoms with van der Waals surface area (Å²) in [7, 11) is 3.00. The first-order chi connectivity index (χ1) is 11.9. The van der Waals surface area contributed by atoms with E-state index in [2.05, 4.69) is 10.6 Å². The van der Waals surface area contributed by atoms with Crippen molar-refractivity contribution in [3.05, 3.63) is 29.8 Å². The number of rotatable bonds is 7. The SMILES string of the molecule is CCNC(=O)NC(=O)[C@@H](C)OC(=O)/C=C/c1cccc(OC)c1OC. The van der Waals surface area contributed by atoms with Gasteiger partial charge in [0.1, 0.15) is 0 Å². The second-order valence-corrected chi connectivity index (χ2v) is 4.84. The Balaban J connectivity index is 2.69. The minimum atomic E-state index is -1.12. The van der Waals surface area contributed by atoms with Crippen LogP contribution in [0.4, 0.5) is 4.79 Å². The number of carbonyl (C=O) groups is 3. The molecular formula is C17H22N2O6. The van der Waals surface area contributed by atoms with Gasteiger partial charge < -0.3 is 19.5 Å². The van der Waals surface area contributed by atoms with E-state index in [9.17, 15) is 14.4 Å². The van der Waals surface area contributed by atoms with Crippen molar-refractivity contribution in [3.63, 3.8) is 0 Å². The van der Waals surface area contributed by atoms with Gasteiger partial charge in [-0.1, -0.05) is 12.1 Å². The van der Waals surface area contributed by atoms with Crippen LogP contribution in [0.15, 0.2) is 24.3 Å². The summed E-state index contributed by atoms with van der Waals surface area (Å²) in [6, 6.07) is 4.56. The summed E-state index contributed by atoms with van der Waals surface area (Å²) in [5.74, 6) is -0.459. The number of methoxy groups -OCH3 is 2. The maximum Gasteiger partial charge on any atom is 0.331 e. The predicted octanol–water partition coefficient (Wildman–Crippen LogP) is 1.49. The topological polar surface area (TPSA) is 103 Å². The van der Waals surface area contributed by atoms with Crippen LogP contribution in [0.5, 0.6) is 11.5 Å². The Morgan fingerprint density at radius 3 is 2.52 bits per heavy atom. The van der Waals surface area contributed by atoms with Crippen LogP contribution in [0.25, 0.3) is 6.08 Å². The molecule has 8 heteroatoms. The highest BCUT2D eigenvalue weighted by molar-refractivity contribution is 5.98. The normalized spacial score (nSPS) is 11.5. The fourth-order valence-corrected chi connectivity index (χ4v) is 1.89. The smallest absolute Gasteiger partial charge is 0.331 e. The van der Waals surface area contributed by atoms with Crippen molar-refractivity contribution in [1.29, 1.82) is 0 Å². The highest BCUT2D eigenvalue weighted by Gasteiger charge is 2.18. The van der Waals surface area contributed by atoms with Crippen molar-refractivity contribution in [3.8, 4) is 11.5 Å². The summed E-state index contributed by atoms with van der Waals surface area (Å²) in [5, 5.41) is 4.47. The number of benzene rings is 1. The number of amides is 3. The maximum atomic E-state index is 11.8.